The summed E-state index contributed by atoms with van der Waals surface area (Å²) in [6.07, 6.45) is -2.70. The lowest BCUT2D eigenvalue weighted by Gasteiger charge is -2.31. The Bertz CT molecular complexity index is 1440. The van der Waals surface area contributed by atoms with E-state index in [-0.39, 0.29) is 37.0 Å². The molecule has 5 rings (SSSR count). The van der Waals surface area contributed by atoms with Crippen molar-refractivity contribution in [3.63, 3.8) is 0 Å². The standard InChI is InChI=1S/C25H22F3N5O4S/c1-2-36-24(35)18-12-20(37-31-18)19-14-38-22(30-19)15-8-10-32(11-9-15)23(34)17-13-29-33(21(17)25(26,27)28)16-6-4-3-5-7-16/h3-7,12-15H,2,8-11H2,1H3. The van der Waals surface area contributed by atoms with Crippen LogP contribution in [0, 0.1) is 0 Å². The fourth-order valence-electron chi connectivity index (χ4n) is 4.33. The van der Waals surface area contributed by atoms with Crippen LogP contribution in [0.1, 0.15) is 57.2 Å². The first-order valence-electron chi connectivity index (χ1n) is 11.9. The van der Waals surface area contributed by atoms with E-state index in [1.165, 1.54) is 34.4 Å². The number of alkyl halides is 3. The topological polar surface area (TPSA) is 103 Å². The van der Waals surface area contributed by atoms with Crippen molar-refractivity contribution in [1.29, 1.82) is 0 Å². The summed E-state index contributed by atoms with van der Waals surface area (Å²) in [5, 5.41) is 10.2. The maximum Gasteiger partial charge on any atom is 0.434 e. The summed E-state index contributed by atoms with van der Waals surface area (Å²) >= 11 is 1.41. The minimum Gasteiger partial charge on any atom is -0.461 e. The first-order valence-corrected chi connectivity index (χ1v) is 12.7. The summed E-state index contributed by atoms with van der Waals surface area (Å²) in [5.41, 5.74) is -0.765. The number of likely N-dealkylation sites (tertiary alicyclic amines) is 1. The zero-order chi connectivity index (χ0) is 26.9. The van der Waals surface area contributed by atoms with E-state index >= 15 is 0 Å². The van der Waals surface area contributed by atoms with Crippen molar-refractivity contribution in [1.82, 2.24) is 24.8 Å². The molecule has 9 nitrogen and oxygen atoms in total. The van der Waals surface area contributed by atoms with E-state index in [2.05, 4.69) is 15.2 Å². The van der Waals surface area contributed by atoms with Crippen LogP contribution in [0.25, 0.3) is 17.1 Å². The zero-order valence-corrected chi connectivity index (χ0v) is 21.0. The van der Waals surface area contributed by atoms with Gasteiger partial charge in [-0.3, -0.25) is 4.79 Å². The predicted molar refractivity (Wildman–Crippen MR) is 130 cm³/mol. The second kappa shape index (κ2) is 10.4. The Kier molecular flexibility index (Phi) is 7.02. The van der Waals surface area contributed by atoms with Crippen molar-refractivity contribution in [2.24, 2.45) is 0 Å². The van der Waals surface area contributed by atoms with E-state index < -0.39 is 29.3 Å². The van der Waals surface area contributed by atoms with Gasteiger partial charge in [-0.1, -0.05) is 23.4 Å². The fourth-order valence-corrected chi connectivity index (χ4v) is 5.31. The number of rotatable bonds is 6. The van der Waals surface area contributed by atoms with Gasteiger partial charge in [-0.15, -0.1) is 11.3 Å². The summed E-state index contributed by atoms with van der Waals surface area (Å²) in [5.74, 6) is -0.929. The number of ether oxygens (including phenoxy) is 1. The van der Waals surface area contributed by atoms with Gasteiger partial charge in [-0.05, 0) is 31.9 Å². The van der Waals surface area contributed by atoms with Crippen LogP contribution >= 0.6 is 11.3 Å². The molecule has 0 radical (unpaired) electrons. The Morgan fingerprint density at radius 3 is 2.61 bits per heavy atom. The average molecular weight is 546 g/mol. The maximum atomic E-state index is 14.0. The van der Waals surface area contributed by atoms with Crippen molar-refractivity contribution in [2.45, 2.75) is 31.9 Å². The predicted octanol–water partition coefficient (Wildman–Crippen LogP) is 5.20. The molecule has 4 aromatic rings. The molecule has 0 N–H and O–H groups in total. The average Bonchev–Trinajstić information content (AvgIpc) is 3.68. The summed E-state index contributed by atoms with van der Waals surface area (Å²) < 4.78 is 52.9. The van der Waals surface area contributed by atoms with Crippen LogP contribution in [-0.2, 0) is 10.9 Å². The van der Waals surface area contributed by atoms with Crippen LogP contribution in [0.2, 0.25) is 0 Å². The molecule has 1 aromatic carbocycles. The Labute approximate surface area is 218 Å². The summed E-state index contributed by atoms with van der Waals surface area (Å²) in [6.45, 7) is 2.47. The molecule has 0 aliphatic carbocycles. The Hall–Kier alpha value is -4.00. The normalized spacial score (nSPS) is 14.6. The molecule has 3 aromatic heterocycles. The van der Waals surface area contributed by atoms with Crippen molar-refractivity contribution in [3.05, 3.63) is 69.9 Å². The van der Waals surface area contributed by atoms with Gasteiger partial charge in [0.2, 0.25) is 0 Å². The van der Waals surface area contributed by atoms with E-state index in [1.54, 1.807) is 30.5 Å². The van der Waals surface area contributed by atoms with Crippen LogP contribution in [0.5, 0.6) is 0 Å². The molecule has 1 aliphatic heterocycles. The minimum atomic E-state index is -4.76. The Balaban J connectivity index is 1.28. The van der Waals surface area contributed by atoms with Gasteiger partial charge in [0.15, 0.2) is 17.1 Å². The molecule has 13 heteroatoms. The molecular formula is C25H22F3N5O4S. The highest BCUT2D eigenvalue weighted by Crippen LogP contribution is 2.36. The number of nitrogens with zero attached hydrogens (tertiary/aromatic N) is 5. The molecule has 0 atom stereocenters. The third-order valence-electron chi connectivity index (χ3n) is 6.17. The molecule has 0 bridgehead atoms. The number of piperidine rings is 1. The van der Waals surface area contributed by atoms with Crippen molar-refractivity contribution < 1.29 is 32.0 Å². The molecule has 1 saturated heterocycles. The molecule has 198 valence electrons. The molecular weight excluding hydrogens is 523 g/mol. The van der Waals surface area contributed by atoms with Gasteiger partial charge in [0, 0.05) is 30.5 Å². The number of hydrogen-bond donors (Lipinski definition) is 0. The number of carbonyl (C=O) groups excluding carboxylic acids is 2. The number of amides is 1. The molecule has 4 heterocycles. The molecule has 1 aliphatic rings. The second-order valence-corrected chi connectivity index (χ2v) is 9.48. The SMILES string of the molecule is CCOC(=O)c1cc(-c2csc(C3CCN(C(=O)c4cnn(-c5ccccc5)c4C(F)(F)F)CC3)n2)on1. The lowest BCUT2D eigenvalue weighted by molar-refractivity contribution is -0.143. The highest BCUT2D eigenvalue weighted by Gasteiger charge is 2.42. The van der Waals surface area contributed by atoms with E-state index in [1.807, 2.05) is 0 Å². The highest BCUT2D eigenvalue weighted by molar-refractivity contribution is 7.10. The number of aromatic nitrogens is 4. The van der Waals surface area contributed by atoms with Gasteiger partial charge in [-0.25, -0.2) is 14.5 Å². The lowest BCUT2D eigenvalue weighted by atomic mass is 9.97. The first-order chi connectivity index (χ1) is 18.3. The monoisotopic (exact) mass is 545 g/mol. The van der Waals surface area contributed by atoms with Gasteiger partial charge in [0.25, 0.3) is 5.91 Å². The van der Waals surface area contributed by atoms with E-state index in [9.17, 15) is 22.8 Å². The van der Waals surface area contributed by atoms with Crippen LogP contribution < -0.4 is 0 Å². The maximum absolute atomic E-state index is 14.0. The molecule has 1 fully saturated rings. The van der Waals surface area contributed by atoms with Crippen LogP contribution in [-0.4, -0.2) is 56.4 Å². The number of thiazole rings is 1. The highest BCUT2D eigenvalue weighted by atomic mass is 32.1. The molecule has 38 heavy (non-hydrogen) atoms. The Morgan fingerprint density at radius 1 is 1.18 bits per heavy atom. The number of benzene rings is 1. The molecule has 0 spiro atoms. The molecule has 1 amide bonds. The molecule has 0 saturated carbocycles. The van der Waals surface area contributed by atoms with Crippen molar-refractivity contribution in [2.75, 3.05) is 19.7 Å². The van der Waals surface area contributed by atoms with Crippen LogP contribution in [0.3, 0.4) is 0 Å². The van der Waals surface area contributed by atoms with Gasteiger partial charge < -0.3 is 14.2 Å². The number of hydrogen-bond acceptors (Lipinski definition) is 8. The second-order valence-electron chi connectivity index (χ2n) is 8.59. The zero-order valence-electron chi connectivity index (χ0n) is 20.1. The summed E-state index contributed by atoms with van der Waals surface area (Å²) in [7, 11) is 0. The van der Waals surface area contributed by atoms with Crippen LogP contribution in [0.15, 0.2) is 52.5 Å². The van der Waals surface area contributed by atoms with E-state index in [0.29, 0.717) is 24.3 Å². The quantitative estimate of drug-likeness (QED) is 0.307. The summed E-state index contributed by atoms with van der Waals surface area (Å²) in [4.78, 5) is 31.0. The van der Waals surface area contributed by atoms with Crippen LogP contribution in [0.4, 0.5) is 13.2 Å². The minimum absolute atomic E-state index is 0.0272. The van der Waals surface area contributed by atoms with E-state index in [4.69, 9.17) is 9.26 Å². The molecule has 0 unspecified atom stereocenters. The van der Waals surface area contributed by atoms with Crippen molar-refractivity contribution in [3.8, 4) is 17.1 Å². The smallest absolute Gasteiger partial charge is 0.434 e. The number of carbonyl (C=O) groups is 2. The fraction of sp³-hybridized carbons (Fsp3) is 0.320. The van der Waals surface area contributed by atoms with Gasteiger partial charge in [0.1, 0.15) is 5.69 Å². The summed E-state index contributed by atoms with van der Waals surface area (Å²) in [6, 6.07) is 9.37. The lowest BCUT2D eigenvalue weighted by Crippen LogP contribution is -2.38. The number of esters is 1. The Morgan fingerprint density at radius 2 is 1.92 bits per heavy atom. The first kappa shape index (κ1) is 25.6. The largest absolute Gasteiger partial charge is 0.461 e. The van der Waals surface area contributed by atoms with E-state index in [0.717, 1.165) is 15.9 Å². The van der Waals surface area contributed by atoms with Gasteiger partial charge in [-0.2, -0.15) is 18.3 Å². The van der Waals surface area contributed by atoms with Gasteiger partial charge >= 0.3 is 12.1 Å². The third-order valence-corrected chi connectivity index (χ3v) is 7.18. The number of halogens is 3. The number of para-hydroxylation sites is 1. The van der Waals surface area contributed by atoms with Crippen molar-refractivity contribution >= 4 is 23.2 Å². The third kappa shape index (κ3) is 5.05. The van der Waals surface area contributed by atoms with Gasteiger partial charge in [0.05, 0.1) is 29.1 Å².